The molecule has 0 atom stereocenters. The molecule has 1 heterocycles. The van der Waals surface area contributed by atoms with E-state index >= 15 is 0 Å². The highest BCUT2D eigenvalue weighted by Crippen LogP contribution is 2.36. The Labute approximate surface area is 183 Å². The van der Waals surface area contributed by atoms with Crippen molar-refractivity contribution in [2.45, 2.75) is 0 Å². The predicted molar refractivity (Wildman–Crippen MR) is 113 cm³/mol. The maximum absolute atomic E-state index is 12.1. The average molecular weight is 456 g/mol. The number of phenolic OH excluding ortho intramolecular Hbond substituents is 6. The van der Waals surface area contributed by atoms with Crippen LogP contribution in [0.5, 0.6) is 40.2 Å². The van der Waals surface area contributed by atoms with Gasteiger partial charge in [0, 0.05) is 11.6 Å². The SMILES string of the molecule is O=C(O)c1cc(O)c(O)c(O)c1.O=c1c(O)c(-c2ccc(O)c(O)c2)oc2cc(O)ccc12. The molecule has 3 aromatic carbocycles. The fraction of sp³-hybridized carbons (Fsp3) is 0. The van der Waals surface area contributed by atoms with Crippen molar-refractivity contribution >= 4 is 16.9 Å². The highest BCUT2D eigenvalue weighted by molar-refractivity contribution is 5.89. The first kappa shape index (κ1) is 22.6. The Morgan fingerprint density at radius 1 is 0.697 bits per heavy atom. The lowest BCUT2D eigenvalue weighted by atomic mass is 10.1. The van der Waals surface area contributed by atoms with Crippen LogP contribution >= 0.6 is 0 Å². The summed E-state index contributed by atoms with van der Waals surface area (Å²) in [7, 11) is 0. The molecule has 170 valence electrons. The van der Waals surface area contributed by atoms with Gasteiger partial charge in [-0.2, -0.15) is 0 Å². The maximum Gasteiger partial charge on any atom is 0.335 e. The third-order valence-electron chi connectivity index (χ3n) is 4.41. The van der Waals surface area contributed by atoms with Crippen LogP contribution in [0.1, 0.15) is 10.4 Å². The summed E-state index contributed by atoms with van der Waals surface area (Å²) in [5.41, 5.74) is -0.632. The Bertz CT molecular complexity index is 1410. The molecule has 0 saturated carbocycles. The molecule has 4 aromatic rings. The molecule has 11 nitrogen and oxygen atoms in total. The maximum atomic E-state index is 12.1. The third-order valence-corrected chi connectivity index (χ3v) is 4.41. The molecule has 0 unspecified atom stereocenters. The van der Waals surface area contributed by atoms with Gasteiger partial charge in [-0.25, -0.2) is 4.79 Å². The van der Waals surface area contributed by atoms with Crippen LogP contribution in [0, 0.1) is 0 Å². The molecule has 0 aliphatic carbocycles. The summed E-state index contributed by atoms with van der Waals surface area (Å²) in [4.78, 5) is 22.4. The van der Waals surface area contributed by atoms with Crippen LogP contribution in [-0.2, 0) is 0 Å². The Kier molecular flexibility index (Phi) is 5.89. The zero-order chi connectivity index (χ0) is 24.4. The quantitative estimate of drug-likeness (QED) is 0.206. The van der Waals surface area contributed by atoms with E-state index < -0.39 is 40.1 Å². The molecule has 0 spiro atoms. The van der Waals surface area contributed by atoms with Crippen molar-refractivity contribution in [3.05, 3.63) is 64.3 Å². The number of rotatable bonds is 2. The number of hydrogen-bond acceptors (Lipinski definition) is 10. The van der Waals surface area contributed by atoms with E-state index in [4.69, 9.17) is 24.8 Å². The molecular formula is C22H16O11. The molecule has 0 amide bonds. The minimum absolute atomic E-state index is 0.0872. The molecule has 11 heteroatoms. The van der Waals surface area contributed by atoms with Gasteiger partial charge in [-0.3, -0.25) is 4.79 Å². The lowest BCUT2D eigenvalue weighted by Gasteiger charge is -2.07. The summed E-state index contributed by atoms with van der Waals surface area (Å²) in [5.74, 6) is -4.94. The largest absolute Gasteiger partial charge is 0.508 e. The van der Waals surface area contributed by atoms with Gasteiger partial charge in [-0.1, -0.05) is 0 Å². The molecule has 33 heavy (non-hydrogen) atoms. The number of aromatic hydroxyl groups is 7. The monoisotopic (exact) mass is 456 g/mol. The van der Waals surface area contributed by atoms with Gasteiger partial charge >= 0.3 is 5.97 Å². The van der Waals surface area contributed by atoms with Crippen LogP contribution in [0.2, 0.25) is 0 Å². The molecule has 1 aromatic heterocycles. The van der Waals surface area contributed by atoms with Crippen molar-refractivity contribution in [2.75, 3.05) is 0 Å². The second-order valence-corrected chi connectivity index (χ2v) is 6.66. The van der Waals surface area contributed by atoms with E-state index in [9.17, 15) is 30.0 Å². The predicted octanol–water partition coefficient (Wildman–Crippen LogP) is 2.78. The summed E-state index contributed by atoms with van der Waals surface area (Å²) >= 11 is 0. The van der Waals surface area contributed by atoms with Crippen LogP contribution in [0.4, 0.5) is 0 Å². The van der Waals surface area contributed by atoms with Crippen LogP contribution in [0.3, 0.4) is 0 Å². The van der Waals surface area contributed by atoms with Crippen molar-refractivity contribution in [1.29, 1.82) is 0 Å². The van der Waals surface area contributed by atoms with Crippen molar-refractivity contribution < 1.29 is 50.1 Å². The second kappa shape index (κ2) is 8.59. The van der Waals surface area contributed by atoms with E-state index in [1.807, 2.05) is 0 Å². The van der Waals surface area contributed by atoms with Gasteiger partial charge in [0.25, 0.3) is 0 Å². The zero-order valence-electron chi connectivity index (χ0n) is 16.4. The number of carboxylic acid groups (broad SMARTS) is 1. The van der Waals surface area contributed by atoms with Gasteiger partial charge in [-0.05, 0) is 42.5 Å². The van der Waals surface area contributed by atoms with Gasteiger partial charge in [-0.15, -0.1) is 0 Å². The molecule has 8 N–H and O–H groups in total. The fourth-order valence-corrected chi connectivity index (χ4v) is 2.76. The number of fused-ring (bicyclic) bond motifs is 1. The fourth-order valence-electron chi connectivity index (χ4n) is 2.76. The molecule has 0 bridgehead atoms. The van der Waals surface area contributed by atoms with E-state index in [-0.39, 0.29) is 39.4 Å². The standard InChI is InChI=1S/C15H10O6.C7H6O5/c16-8-2-3-9-12(6-8)21-15(14(20)13(9)19)7-1-4-10(17)11(18)5-7;8-4-1-3(7(11)12)2-5(9)6(4)10/h1-6,16-18,20H;1-2,8-10H,(H,11,12). The number of phenols is 6. The van der Waals surface area contributed by atoms with Crippen LogP contribution in [0.25, 0.3) is 22.3 Å². The van der Waals surface area contributed by atoms with Gasteiger partial charge in [0.2, 0.25) is 11.2 Å². The van der Waals surface area contributed by atoms with E-state index in [2.05, 4.69) is 0 Å². The highest BCUT2D eigenvalue weighted by Gasteiger charge is 2.17. The normalized spacial score (nSPS) is 10.4. The number of carboxylic acids is 1. The van der Waals surface area contributed by atoms with Gasteiger partial charge in [0.1, 0.15) is 11.3 Å². The van der Waals surface area contributed by atoms with E-state index in [1.54, 1.807) is 0 Å². The van der Waals surface area contributed by atoms with Crippen LogP contribution in [-0.4, -0.2) is 46.8 Å². The molecule has 0 aliphatic rings. The molecule has 0 aliphatic heterocycles. The molecule has 0 radical (unpaired) electrons. The summed E-state index contributed by atoms with van der Waals surface area (Å²) in [6.07, 6.45) is 0. The number of carbonyl (C=O) groups is 1. The highest BCUT2D eigenvalue weighted by atomic mass is 16.4. The first-order valence-corrected chi connectivity index (χ1v) is 8.99. The van der Waals surface area contributed by atoms with Gasteiger partial charge in [0.15, 0.2) is 34.5 Å². The summed E-state index contributed by atoms with van der Waals surface area (Å²) in [6.45, 7) is 0. The molecule has 4 rings (SSSR count). The Morgan fingerprint density at radius 3 is 1.91 bits per heavy atom. The van der Waals surface area contributed by atoms with Crippen molar-refractivity contribution in [3.63, 3.8) is 0 Å². The topological polar surface area (TPSA) is 209 Å². The molecular weight excluding hydrogens is 440 g/mol. The lowest BCUT2D eigenvalue weighted by Crippen LogP contribution is -2.02. The number of aromatic carboxylic acids is 1. The van der Waals surface area contributed by atoms with E-state index in [1.165, 1.54) is 30.3 Å². The van der Waals surface area contributed by atoms with E-state index in [0.717, 1.165) is 18.2 Å². The Morgan fingerprint density at radius 2 is 1.33 bits per heavy atom. The minimum Gasteiger partial charge on any atom is -0.508 e. The van der Waals surface area contributed by atoms with Gasteiger partial charge < -0.3 is 45.3 Å². The zero-order valence-corrected chi connectivity index (χ0v) is 16.4. The first-order valence-electron chi connectivity index (χ1n) is 8.99. The Hall–Kier alpha value is -5.06. The van der Waals surface area contributed by atoms with Crippen molar-refractivity contribution in [3.8, 4) is 51.6 Å². The molecule has 0 fully saturated rings. The first-order chi connectivity index (χ1) is 15.5. The summed E-state index contributed by atoms with van der Waals surface area (Å²) in [6, 6.07) is 9.33. The van der Waals surface area contributed by atoms with Crippen LogP contribution < -0.4 is 5.43 Å². The average Bonchev–Trinajstić information content (AvgIpc) is 2.76. The van der Waals surface area contributed by atoms with Crippen LogP contribution in [0.15, 0.2) is 57.7 Å². The van der Waals surface area contributed by atoms with Crippen molar-refractivity contribution in [2.24, 2.45) is 0 Å². The smallest absolute Gasteiger partial charge is 0.335 e. The molecule has 0 saturated heterocycles. The third kappa shape index (κ3) is 4.51. The second-order valence-electron chi connectivity index (χ2n) is 6.66. The minimum atomic E-state index is -1.29. The van der Waals surface area contributed by atoms with Crippen molar-refractivity contribution in [1.82, 2.24) is 0 Å². The van der Waals surface area contributed by atoms with Gasteiger partial charge in [0.05, 0.1) is 10.9 Å². The van der Waals surface area contributed by atoms with E-state index in [0.29, 0.717) is 0 Å². The number of hydrogen-bond donors (Lipinski definition) is 8. The Balaban J connectivity index is 0.000000218. The lowest BCUT2D eigenvalue weighted by molar-refractivity contribution is 0.0695. The summed E-state index contributed by atoms with van der Waals surface area (Å²) in [5, 5.41) is 73.2. The summed E-state index contributed by atoms with van der Waals surface area (Å²) < 4.78 is 5.43. The number of benzene rings is 3.